The van der Waals surface area contributed by atoms with Gasteiger partial charge in [-0.05, 0) is 29.3 Å². The zero-order chi connectivity index (χ0) is 17.8. The molecule has 0 amide bonds. The lowest BCUT2D eigenvalue weighted by Crippen LogP contribution is -2.31. The Kier molecular flexibility index (Phi) is 5.24. The maximum Gasteiger partial charge on any atom is 0.308 e. The van der Waals surface area contributed by atoms with E-state index in [-0.39, 0.29) is 24.4 Å². The van der Waals surface area contributed by atoms with Crippen molar-refractivity contribution in [3.05, 3.63) is 59.2 Å². The third kappa shape index (κ3) is 3.46. The molecule has 0 fully saturated rings. The van der Waals surface area contributed by atoms with Crippen molar-refractivity contribution in [3.8, 4) is 11.5 Å². The number of benzene rings is 2. The Balaban J connectivity index is 2.08. The predicted molar refractivity (Wildman–Crippen MR) is 93.0 cm³/mol. The van der Waals surface area contributed by atoms with Crippen LogP contribution in [0.25, 0.3) is 0 Å². The zero-order valence-corrected chi connectivity index (χ0v) is 14.7. The van der Waals surface area contributed by atoms with Gasteiger partial charge in [0.05, 0.1) is 40.5 Å². The summed E-state index contributed by atoms with van der Waals surface area (Å²) in [4.78, 5) is 11.9. The van der Waals surface area contributed by atoms with E-state index >= 15 is 0 Å². The van der Waals surface area contributed by atoms with Crippen LogP contribution in [0.2, 0.25) is 0 Å². The SMILES string of the molecule is COC(=O)CC1OCc2cccc(OC)c2C1c1ccc(OC)cc1. The lowest BCUT2D eigenvalue weighted by atomic mass is 9.80. The molecule has 1 heterocycles. The fourth-order valence-electron chi connectivity index (χ4n) is 3.34. The molecular weight excluding hydrogens is 320 g/mol. The maximum absolute atomic E-state index is 11.9. The van der Waals surface area contributed by atoms with Gasteiger partial charge < -0.3 is 18.9 Å². The number of ether oxygens (including phenoxy) is 4. The number of fused-ring (bicyclic) bond motifs is 1. The number of esters is 1. The van der Waals surface area contributed by atoms with E-state index in [0.29, 0.717) is 6.61 Å². The average molecular weight is 342 g/mol. The van der Waals surface area contributed by atoms with E-state index in [0.717, 1.165) is 28.2 Å². The molecule has 2 unspecified atom stereocenters. The second kappa shape index (κ2) is 7.57. The monoisotopic (exact) mass is 342 g/mol. The van der Waals surface area contributed by atoms with Crippen molar-refractivity contribution in [2.24, 2.45) is 0 Å². The second-order valence-electron chi connectivity index (χ2n) is 5.91. The van der Waals surface area contributed by atoms with Gasteiger partial charge in [0, 0.05) is 11.5 Å². The third-order valence-electron chi connectivity index (χ3n) is 4.58. The molecule has 2 aromatic rings. The number of carbonyl (C=O) groups excluding carboxylic acids is 1. The lowest BCUT2D eigenvalue weighted by Gasteiger charge is -2.34. The van der Waals surface area contributed by atoms with Crippen LogP contribution in [0.1, 0.15) is 29.0 Å². The highest BCUT2D eigenvalue weighted by atomic mass is 16.5. The van der Waals surface area contributed by atoms with Crippen molar-refractivity contribution in [2.75, 3.05) is 21.3 Å². The minimum Gasteiger partial charge on any atom is -0.497 e. The first-order chi connectivity index (χ1) is 12.2. The van der Waals surface area contributed by atoms with E-state index in [2.05, 4.69) is 0 Å². The van der Waals surface area contributed by atoms with E-state index in [1.54, 1.807) is 14.2 Å². The molecule has 0 N–H and O–H groups in total. The Bertz CT molecular complexity index is 724. The molecule has 2 atom stereocenters. The van der Waals surface area contributed by atoms with E-state index in [9.17, 15) is 4.79 Å². The molecule has 0 spiro atoms. The summed E-state index contributed by atoms with van der Waals surface area (Å²) in [5.74, 6) is 1.17. The number of carbonyl (C=O) groups is 1. The minimum atomic E-state index is -0.315. The summed E-state index contributed by atoms with van der Waals surface area (Å²) in [6, 6.07) is 13.7. The molecule has 0 bridgehead atoms. The topological polar surface area (TPSA) is 54.0 Å². The van der Waals surface area contributed by atoms with Crippen LogP contribution in [0.5, 0.6) is 11.5 Å². The van der Waals surface area contributed by atoms with Crippen LogP contribution in [0.3, 0.4) is 0 Å². The highest BCUT2D eigenvalue weighted by molar-refractivity contribution is 5.70. The predicted octanol–water partition coefficient (Wildman–Crippen LogP) is 3.30. The first kappa shape index (κ1) is 17.3. The van der Waals surface area contributed by atoms with E-state index in [4.69, 9.17) is 18.9 Å². The Labute approximate surface area is 147 Å². The molecule has 25 heavy (non-hydrogen) atoms. The average Bonchev–Trinajstić information content (AvgIpc) is 2.67. The molecule has 1 aliphatic heterocycles. The molecule has 0 aliphatic carbocycles. The molecule has 2 aromatic carbocycles. The number of rotatable bonds is 5. The Morgan fingerprint density at radius 3 is 2.48 bits per heavy atom. The van der Waals surface area contributed by atoms with E-state index in [1.165, 1.54) is 7.11 Å². The van der Waals surface area contributed by atoms with Gasteiger partial charge in [0.25, 0.3) is 0 Å². The van der Waals surface area contributed by atoms with Crippen LogP contribution in [-0.4, -0.2) is 33.4 Å². The van der Waals surface area contributed by atoms with E-state index < -0.39 is 0 Å². The van der Waals surface area contributed by atoms with Crippen molar-refractivity contribution >= 4 is 5.97 Å². The Morgan fingerprint density at radius 1 is 1.08 bits per heavy atom. The lowest BCUT2D eigenvalue weighted by molar-refractivity contribution is -0.144. The van der Waals surface area contributed by atoms with Crippen LogP contribution in [0.4, 0.5) is 0 Å². The standard InChI is InChI=1S/C20H22O5/c1-22-15-9-7-13(8-10-15)19-17(11-18(21)24-3)25-12-14-5-4-6-16(23-2)20(14)19/h4-10,17,19H,11-12H2,1-3H3. The van der Waals surface area contributed by atoms with Gasteiger partial charge in [-0.1, -0.05) is 24.3 Å². The number of hydrogen-bond acceptors (Lipinski definition) is 5. The maximum atomic E-state index is 11.9. The van der Waals surface area contributed by atoms with Gasteiger partial charge in [-0.2, -0.15) is 0 Å². The smallest absolute Gasteiger partial charge is 0.308 e. The van der Waals surface area contributed by atoms with Crippen molar-refractivity contribution in [1.82, 2.24) is 0 Å². The molecule has 5 nitrogen and oxygen atoms in total. The van der Waals surface area contributed by atoms with Crippen LogP contribution in [0.15, 0.2) is 42.5 Å². The van der Waals surface area contributed by atoms with Gasteiger partial charge in [0.15, 0.2) is 0 Å². The molecular formula is C20H22O5. The molecule has 132 valence electrons. The molecule has 1 aliphatic rings. The van der Waals surface area contributed by atoms with E-state index in [1.807, 2.05) is 42.5 Å². The Morgan fingerprint density at radius 2 is 1.84 bits per heavy atom. The van der Waals surface area contributed by atoms with Gasteiger partial charge in [0.2, 0.25) is 0 Å². The van der Waals surface area contributed by atoms with Crippen molar-refractivity contribution in [3.63, 3.8) is 0 Å². The molecule has 0 saturated carbocycles. The summed E-state index contributed by atoms with van der Waals surface area (Å²) < 4.78 is 21.7. The zero-order valence-electron chi connectivity index (χ0n) is 14.7. The molecule has 3 rings (SSSR count). The first-order valence-corrected chi connectivity index (χ1v) is 8.16. The molecule has 5 heteroatoms. The molecule has 0 saturated heterocycles. The van der Waals surface area contributed by atoms with Crippen molar-refractivity contribution in [2.45, 2.75) is 25.0 Å². The fourth-order valence-corrected chi connectivity index (χ4v) is 3.34. The van der Waals surface area contributed by atoms with Crippen LogP contribution in [0, 0.1) is 0 Å². The minimum absolute atomic E-state index is 0.120. The van der Waals surface area contributed by atoms with Gasteiger partial charge in [-0.3, -0.25) is 4.79 Å². The molecule has 0 radical (unpaired) electrons. The molecule has 0 aromatic heterocycles. The van der Waals surface area contributed by atoms with Crippen molar-refractivity contribution in [1.29, 1.82) is 0 Å². The normalized spacial score (nSPS) is 19.0. The highest BCUT2D eigenvalue weighted by Gasteiger charge is 2.35. The third-order valence-corrected chi connectivity index (χ3v) is 4.58. The van der Waals surface area contributed by atoms with Gasteiger partial charge in [0.1, 0.15) is 11.5 Å². The fraction of sp³-hybridized carbons (Fsp3) is 0.350. The summed E-state index contributed by atoms with van der Waals surface area (Å²) in [5.41, 5.74) is 3.18. The van der Waals surface area contributed by atoms with Crippen molar-refractivity contribution < 1.29 is 23.7 Å². The van der Waals surface area contributed by atoms with Gasteiger partial charge >= 0.3 is 5.97 Å². The summed E-state index contributed by atoms with van der Waals surface area (Å²) in [7, 11) is 4.69. The highest BCUT2D eigenvalue weighted by Crippen LogP contribution is 2.43. The largest absolute Gasteiger partial charge is 0.497 e. The van der Waals surface area contributed by atoms with Gasteiger partial charge in [-0.15, -0.1) is 0 Å². The second-order valence-corrected chi connectivity index (χ2v) is 5.91. The number of methoxy groups -OCH3 is 3. The first-order valence-electron chi connectivity index (χ1n) is 8.16. The summed E-state index contributed by atoms with van der Waals surface area (Å²) in [5, 5.41) is 0. The summed E-state index contributed by atoms with van der Waals surface area (Å²) >= 11 is 0. The Hall–Kier alpha value is -2.53. The quantitative estimate of drug-likeness (QED) is 0.781. The van der Waals surface area contributed by atoms with Crippen LogP contribution >= 0.6 is 0 Å². The summed E-state index contributed by atoms with van der Waals surface area (Å²) in [6.07, 6.45) is -0.130. The van der Waals surface area contributed by atoms with Crippen LogP contribution in [-0.2, 0) is 20.9 Å². The van der Waals surface area contributed by atoms with Crippen LogP contribution < -0.4 is 9.47 Å². The van der Waals surface area contributed by atoms with Gasteiger partial charge in [-0.25, -0.2) is 0 Å². The summed E-state index contributed by atoms with van der Waals surface area (Å²) in [6.45, 7) is 0.445. The number of hydrogen-bond donors (Lipinski definition) is 0.